The highest BCUT2D eigenvalue weighted by molar-refractivity contribution is 8.27. The molecule has 1 aliphatic heterocycles. The third-order valence-corrected chi connectivity index (χ3v) is 6.85. The number of nitrogens with zero attached hydrogens (tertiary/aromatic N) is 1. The average molecular weight is 498 g/mol. The zero-order chi connectivity index (χ0) is 24.5. The Kier molecular flexibility index (Phi) is 9.72. The Hall–Kier alpha value is -2.64. The molecule has 0 bridgehead atoms. The molecule has 5 nitrogen and oxygen atoms in total. The fourth-order valence-corrected chi connectivity index (χ4v) is 4.96. The van der Waals surface area contributed by atoms with Gasteiger partial charge in [-0.15, -0.1) is 0 Å². The number of ether oxygens (including phenoxy) is 2. The largest absolute Gasteiger partial charge is 0.493 e. The summed E-state index contributed by atoms with van der Waals surface area (Å²) in [5, 5.41) is 0. The van der Waals surface area contributed by atoms with E-state index in [-0.39, 0.29) is 11.7 Å². The SMILES string of the molecule is CCCCCCCCOc1ccc(/C=C2\SC(=S)N(c3cccc(C(C)=O)c3)C2=O)cc1OC. The molecule has 0 aromatic heterocycles. The standard InChI is InChI=1S/C27H31NO4S2/c1-4-5-6-7-8-9-15-32-23-14-13-20(16-24(23)31-3)17-25-26(30)28(27(33)34-25)22-12-10-11-21(18-22)19(2)29/h10-14,16-18H,4-9,15H2,1-3H3/b25-17-. The van der Waals surface area contributed by atoms with Crippen LogP contribution in [0.5, 0.6) is 11.5 Å². The number of amides is 1. The Morgan fingerprint density at radius 1 is 1.06 bits per heavy atom. The molecule has 1 heterocycles. The second kappa shape index (κ2) is 12.7. The lowest BCUT2D eigenvalue weighted by atomic mass is 10.1. The molecule has 0 unspecified atom stereocenters. The van der Waals surface area contributed by atoms with Crippen molar-refractivity contribution in [2.45, 2.75) is 52.4 Å². The van der Waals surface area contributed by atoms with E-state index in [0.29, 0.717) is 38.6 Å². The van der Waals surface area contributed by atoms with E-state index >= 15 is 0 Å². The second-order valence-electron chi connectivity index (χ2n) is 8.15. The first-order valence-corrected chi connectivity index (χ1v) is 12.9. The van der Waals surface area contributed by atoms with Crippen LogP contribution in [0.2, 0.25) is 0 Å². The smallest absolute Gasteiger partial charge is 0.270 e. The lowest BCUT2D eigenvalue weighted by Gasteiger charge is -2.15. The van der Waals surface area contributed by atoms with Gasteiger partial charge in [0.15, 0.2) is 21.6 Å². The lowest BCUT2D eigenvalue weighted by molar-refractivity contribution is -0.113. The molecule has 1 fully saturated rings. The first-order valence-electron chi connectivity index (χ1n) is 11.6. The van der Waals surface area contributed by atoms with Crippen LogP contribution in [-0.4, -0.2) is 29.7 Å². The molecule has 1 aliphatic rings. The van der Waals surface area contributed by atoms with Crippen molar-refractivity contribution in [3.05, 3.63) is 58.5 Å². The molecule has 0 atom stereocenters. The van der Waals surface area contributed by atoms with Crippen molar-refractivity contribution in [2.75, 3.05) is 18.6 Å². The Morgan fingerprint density at radius 3 is 2.56 bits per heavy atom. The van der Waals surface area contributed by atoms with Gasteiger partial charge in [-0.2, -0.15) is 0 Å². The van der Waals surface area contributed by atoms with Gasteiger partial charge in [-0.25, -0.2) is 0 Å². The molecule has 0 spiro atoms. The quantitative estimate of drug-likeness (QED) is 0.136. The number of thioether (sulfide) groups is 1. The van der Waals surface area contributed by atoms with E-state index in [2.05, 4.69) is 6.92 Å². The highest BCUT2D eigenvalue weighted by Crippen LogP contribution is 2.37. The number of benzene rings is 2. The molecule has 0 radical (unpaired) electrons. The second-order valence-corrected chi connectivity index (χ2v) is 9.83. The van der Waals surface area contributed by atoms with Gasteiger partial charge < -0.3 is 9.47 Å². The maximum Gasteiger partial charge on any atom is 0.270 e. The van der Waals surface area contributed by atoms with Crippen molar-refractivity contribution in [1.82, 2.24) is 0 Å². The third-order valence-electron chi connectivity index (χ3n) is 5.55. The van der Waals surface area contributed by atoms with E-state index in [9.17, 15) is 9.59 Å². The molecular weight excluding hydrogens is 466 g/mol. The average Bonchev–Trinajstić information content (AvgIpc) is 3.11. The fraction of sp³-hybridized carbons (Fsp3) is 0.370. The van der Waals surface area contributed by atoms with Crippen LogP contribution in [0, 0.1) is 0 Å². The minimum absolute atomic E-state index is 0.0614. The summed E-state index contributed by atoms with van der Waals surface area (Å²) in [4.78, 5) is 26.8. The lowest BCUT2D eigenvalue weighted by Crippen LogP contribution is -2.27. The van der Waals surface area contributed by atoms with Crippen molar-refractivity contribution in [3.8, 4) is 11.5 Å². The number of Topliss-reactive ketones (excluding diaryl/α,β-unsaturated/α-hetero) is 1. The Balaban J connectivity index is 1.68. The van der Waals surface area contributed by atoms with Gasteiger partial charge in [-0.05, 0) is 49.2 Å². The van der Waals surface area contributed by atoms with Crippen LogP contribution in [0.4, 0.5) is 5.69 Å². The van der Waals surface area contributed by atoms with Crippen LogP contribution in [0.1, 0.15) is 68.3 Å². The normalized spacial score (nSPS) is 14.7. The van der Waals surface area contributed by atoms with Gasteiger partial charge in [-0.1, -0.05) is 81.2 Å². The highest BCUT2D eigenvalue weighted by Gasteiger charge is 2.33. The maximum atomic E-state index is 13.1. The number of ketones is 1. The van der Waals surface area contributed by atoms with Crippen LogP contribution in [0.15, 0.2) is 47.4 Å². The summed E-state index contributed by atoms with van der Waals surface area (Å²) in [6.07, 6.45) is 9.04. The number of unbranched alkanes of at least 4 members (excludes halogenated alkanes) is 5. The van der Waals surface area contributed by atoms with E-state index in [4.69, 9.17) is 21.7 Å². The van der Waals surface area contributed by atoms with Crippen LogP contribution < -0.4 is 14.4 Å². The predicted molar refractivity (Wildman–Crippen MR) is 144 cm³/mol. The number of methoxy groups -OCH3 is 1. The van der Waals surface area contributed by atoms with Gasteiger partial charge in [-0.3, -0.25) is 14.5 Å². The zero-order valence-electron chi connectivity index (χ0n) is 20.0. The van der Waals surface area contributed by atoms with E-state index in [1.165, 1.54) is 49.3 Å². The van der Waals surface area contributed by atoms with Crippen molar-refractivity contribution >= 4 is 51.8 Å². The number of thiocarbonyl (C=S) groups is 1. The maximum absolute atomic E-state index is 13.1. The molecule has 3 rings (SSSR count). The number of carbonyl (C=O) groups is 2. The summed E-state index contributed by atoms with van der Waals surface area (Å²) in [6.45, 7) is 4.37. The first kappa shape index (κ1) is 26.0. The molecule has 0 aliphatic carbocycles. The van der Waals surface area contributed by atoms with E-state index < -0.39 is 0 Å². The van der Waals surface area contributed by atoms with Gasteiger partial charge in [0.1, 0.15) is 0 Å². The third kappa shape index (κ3) is 6.70. The van der Waals surface area contributed by atoms with Gasteiger partial charge in [0.05, 0.1) is 24.3 Å². The monoisotopic (exact) mass is 497 g/mol. The van der Waals surface area contributed by atoms with Gasteiger partial charge in [0.2, 0.25) is 0 Å². The predicted octanol–water partition coefficient (Wildman–Crippen LogP) is 7.04. The molecule has 1 saturated heterocycles. The van der Waals surface area contributed by atoms with Gasteiger partial charge in [0.25, 0.3) is 5.91 Å². The highest BCUT2D eigenvalue weighted by atomic mass is 32.2. The topological polar surface area (TPSA) is 55.8 Å². The Labute approximate surface area is 211 Å². The Bertz CT molecular complexity index is 1080. The van der Waals surface area contributed by atoms with Crippen LogP contribution >= 0.6 is 24.0 Å². The molecule has 34 heavy (non-hydrogen) atoms. The molecule has 1 amide bonds. The van der Waals surface area contributed by atoms with Crippen molar-refractivity contribution in [1.29, 1.82) is 0 Å². The molecule has 2 aromatic carbocycles. The van der Waals surface area contributed by atoms with Gasteiger partial charge in [0, 0.05) is 5.56 Å². The summed E-state index contributed by atoms with van der Waals surface area (Å²) >= 11 is 6.70. The van der Waals surface area contributed by atoms with Crippen molar-refractivity contribution in [2.24, 2.45) is 0 Å². The van der Waals surface area contributed by atoms with Gasteiger partial charge >= 0.3 is 0 Å². The number of hydrogen-bond donors (Lipinski definition) is 0. The molecule has 0 saturated carbocycles. The fourth-order valence-electron chi connectivity index (χ4n) is 3.66. The summed E-state index contributed by atoms with van der Waals surface area (Å²) in [5.41, 5.74) is 1.95. The van der Waals surface area contributed by atoms with Crippen LogP contribution in [0.3, 0.4) is 0 Å². The molecular formula is C27H31NO4S2. The number of anilines is 1. The van der Waals surface area contributed by atoms with E-state index in [1.807, 2.05) is 18.2 Å². The van der Waals surface area contributed by atoms with E-state index in [1.54, 1.807) is 37.5 Å². The summed E-state index contributed by atoms with van der Waals surface area (Å²) in [6, 6.07) is 12.6. The number of carbonyl (C=O) groups excluding carboxylic acids is 2. The summed E-state index contributed by atoms with van der Waals surface area (Å²) in [5.74, 6) is 1.05. The minimum Gasteiger partial charge on any atom is -0.493 e. The number of rotatable bonds is 12. The molecule has 180 valence electrons. The van der Waals surface area contributed by atoms with Crippen LogP contribution in [0.25, 0.3) is 6.08 Å². The molecule has 7 heteroatoms. The first-order chi connectivity index (χ1) is 16.4. The Morgan fingerprint density at radius 2 is 1.82 bits per heavy atom. The van der Waals surface area contributed by atoms with E-state index in [0.717, 1.165) is 18.4 Å². The summed E-state index contributed by atoms with van der Waals surface area (Å²) < 4.78 is 11.9. The zero-order valence-corrected chi connectivity index (χ0v) is 21.6. The minimum atomic E-state index is -0.210. The molecule has 0 N–H and O–H groups in total. The van der Waals surface area contributed by atoms with Crippen molar-refractivity contribution < 1.29 is 19.1 Å². The summed E-state index contributed by atoms with van der Waals surface area (Å²) in [7, 11) is 1.61. The van der Waals surface area contributed by atoms with Crippen molar-refractivity contribution in [3.63, 3.8) is 0 Å². The molecule has 2 aromatic rings. The number of hydrogen-bond acceptors (Lipinski definition) is 6. The van der Waals surface area contributed by atoms with Crippen LogP contribution in [-0.2, 0) is 4.79 Å².